The summed E-state index contributed by atoms with van der Waals surface area (Å²) in [5.41, 5.74) is 2.02. The molecule has 6 heteroatoms. The quantitative estimate of drug-likeness (QED) is 0.760. The van der Waals surface area contributed by atoms with Crippen molar-refractivity contribution in [3.05, 3.63) is 54.1 Å². The molecule has 0 heterocycles. The Kier molecular flexibility index (Phi) is 4.94. The summed E-state index contributed by atoms with van der Waals surface area (Å²) in [7, 11) is -0.982. The molecule has 0 saturated heterocycles. The van der Waals surface area contributed by atoms with Crippen LogP contribution in [-0.4, -0.2) is 21.6 Å². The van der Waals surface area contributed by atoms with Crippen LogP contribution in [0.15, 0.2) is 48.5 Å². The fourth-order valence-electron chi connectivity index (χ4n) is 1.82. The number of aromatic hydroxyl groups is 1. The largest absolute Gasteiger partial charge is 0.508 e. The molecule has 0 fully saturated rings. The summed E-state index contributed by atoms with van der Waals surface area (Å²) in [6.45, 7) is 0. The molecule has 0 aromatic heterocycles. The Morgan fingerprint density at radius 3 is 2.43 bits per heavy atom. The lowest BCUT2D eigenvalue weighted by Crippen LogP contribution is -2.20. The Balaban J connectivity index is 2.05. The smallest absolute Gasteiger partial charge is 0.323 e. The highest BCUT2D eigenvalue weighted by molar-refractivity contribution is 7.83. The predicted molar refractivity (Wildman–Crippen MR) is 85.0 cm³/mol. The minimum atomic E-state index is -0.982. The van der Waals surface area contributed by atoms with Gasteiger partial charge in [0.05, 0.1) is 5.75 Å². The molecule has 0 radical (unpaired) electrons. The number of phenols is 1. The molecular weight excluding hydrogens is 288 g/mol. The lowest BCUT2D eigenvalue weighted by atomic mass is 10.2. The number of hydrogen-bond acceptors (Lipinski definition) is 3. The molecule has 2 aromatic carbocycles. The molecule has 0 saturated carbocycles. The van der Waals surface area contributed by atoms with Gasteiger partial charge in [0.15, 0.2) is 0 Å². The van der Waals surface area contributed by atoms with Gasteiger partial charge in [-0.1, -0.05) is 18.2 Å². The van der Waals surface area contributed by atoms with Gasteiger partial charge in [-0.05, 0) is 35.9 Å². The van der Waals surface area contributed by atoms with Gasteiger partial charge in [-0.15, -0.1) is 0 Å². The molecule has 5 nitrogen and oxygen atoms in total. The van der Waals surface area contributed by atoms with Crippen molar-refractivity contribution < 1.29 is 14.1 Å². The van der Waals surface area contributed by atoms with E-state index in [9.17, 15) is 14.1 Å². The maximum atomic E-state index is 11.9. The zero-order chi connectivity index (χ0) is 15.2. The van der Waals surface area contributed by atoms with E-state index in [1.54, 1.807) is 30.5 Å². The third-order valence-electron chi connectivity index (χ3n) is 2.75. The van der Waals surface area contributed by atoms with Gasteiger partial charge in [0.1, 0.15) is 5.75 Å². The van der Waals surface area contributed by atoms with Gasteiger partial charge >= 0.3 is 6.03 Å². The third kappa shape index (κ3) is 4.61. The molecule has 0 bridgehead atoms. The molecule has 3 N–H and O–H groups in total. The molecule has 0 aliphatic heterocycles. The zero-order valence-corrected chi connectivity index (χ0v) is 12.3. The molecule has 1 atom stereocenters. The second-order valence-corrected chi connectivity index (χ2v) is 5.94. The highest BCUT2D eigenvalue weighted by atomic mass is 32.2. The van der Waals surface area contributed by atoms with Gasteiger partial charge in [-0.3, -0.25) is 4.21 Å². The molecular formula is C15H16N2O3S. The van der Waals surface area contributed by atoms with Crippen LogP contribution in [0.5, 0.6) is 5.75 Å². The Morgan fingerprint density at radius 1 is 1.10 bits per heavy atom. The predicted octanol–water partition coefficient (Wildman–Crippen LogP) is 2.91. The van der Waals surface area contributed by atoms with Crippen molar-refractivity contribution in [2.75, 3.05) is 16.9 Å². The van der Waals surface area contributed by atoms with Crippen LogP contribution >= 0.6 is 0 Å². The number of carbonyl (C=O) groups excluding carboxylic acids is 1. The second-order valence-electron chi connectivity index (χ2n) is 4.50. The first kappa shape index (κ1) is 15.1. The number of amides is 2. The van der Waals surface area contributed by atoms with Crippen molar-refractivity contribution in [1.82, 2.24) is 0 Å². The van der Waals surface area contributed by atoms with Gasteiger partial charge in [-0.25, -0.2) is 4.79 Å². The number of benzene rings is 2. The summed E-state index contributed by atoms with van der Waals surface area (Å²) in [6.07, 6.45) is 1.62. The van der Waals surface area contributed by atoms with Gasteiger partial charge < -0.3 is 15.7 Å². The van der Waals surface area contributed by atoms with Crippen molar-refractivity contribution in [2.45, 2.75) is 5.75 Å². The first-order chi connectivity index (χ1) is 10.0. The number of hydrogen-bond donors (Lipinski definition) is 3. The van der Waals surface area contributed by atoms with Crippen molar-refractivity contribution >= 4 is 28.2 Å². The number of para-hydroxylation sites is 1. The summed E-state index contributed by atoms with van der Waals surface area (Å²) in [4.78, 5) is 11.9. The maximum Gasteiger partial charge on any atom is 0.323 e. The molecule has 0 aliphatic carbocycles. The monoisotopic (exact) mass is 304 g/mol. The molecule has 2 amide bonds. The average molecular weight is 304 g/mol. The normalized spacial score (nSPS) is 11.7. The molecule has 110 valence electrons. The van der Waals surface area contributed by atoms with Crippen LogP contribution in [0.1, 0.15) is 5.56 Å². The van der Waals surface area contributed by atoms with Crippen LogP contribution in [0.4, 0.5) is 16.2 Å². The minimum absolute atomic E-state index is 0.136. The van der Waals surface area contributed by atoms with E-state index >= 15 is 0 Å². The molecule has 2 aromatic rings. The number of anilines is 2. The van der Waals surface area contributed by atoms with Gasteiger partial charge in [0.2, 0.25) is 0 Å². The van der Waals surface area contributed by atoms with E-state index in [4.69, 9.17) is 0 Å². The van der Waals surface area contributed by atoms with E-state index in [-0.39, 0.29) is 5.75 Å². The molecule has 0 spiro atoms. The van der Waals surface area contributed by atoms with Crippen LogP contribution in [0.25, 0.3) is 0 Å². The summed E-state index contributed by atoms with van der Waals surface area (Å²) >= 11 is 0. The van der Waals surface area contributed by atoms with E-state index in [1.165, 1.54) is 12.1 Å². The van der Waals surface area contributed by atoms with Crippen LogP contribution in [0.3, 0.4) is 0 Å². The number of rotatable bonds is 4. The Bertz CT molecular complexity index is 656. The lowest BCUT2D eigenvalue weighted by molar-refractivity contribution is 0.262. The van der Waals surface area contributed by atoms with Gasteiger partial charge in [-0.2, -0.15) is 0 Å². The first-order valence-electron chi connectivity index (χ1n) is 6.29. The average Bonchev–Trinajstić information content (AvgIpc) is 2.43. The van der Waals surface area contributed by atoms with Crippen molar-refractivity contribution in [1.29, 1.82) is 0 Å². The van der Waals surface area contributed by atoms with Gasteiger partial charge in [0, 0.05) is 28.4 Å². The Morgan fingerprint density at radius 2 is 1.76 bits per heavy atom. The first-order valence-corrected chi connectivity index (χ1v) is 8.02. The van der Waals surface area contributed by atoms with Crippen molar-refractivity contribution in [2.24, 2.45) is 0 Å². The SMILES string of the molecule is CS(=O)Cc1ccccc1NC(=O)Nc1ccc(O)cc1. The van der Waals surface area contributed by atoms with Crippen LogP contribution in [-0.2, 0) is 16.6 Å². The number of urea groups is 1. The van der Waals surface area contributed by atoms with Crippen LogP contribution in [0.2, 0.25) is 0 Å². The molecule has 21 heavy (non-hydrogen) atoms. The zero-order valence-electron chi connectivity index (χ0n) is 11.5. The van der Waals surface area contributed by atoms with Crippen LogP contribution in [0, 0.1) is 0 Å². The van der Waals surface area contributed by atoms with E-state index in [1.807, 2.05) is 12.1 Å². The summed E-state index contributed by atoms with van der Waals surface area (Å²) in [6, 6.07) is 13.0. The van der Waals surface area contributed by atoms with Crippen LogP contribution < -0.4 is 10.6 Å². The Hall–Kier alpha value is -2.34. The second kappa shape index (κ2) is 6.90. The lowest BCUT2D eigenvalue weighted by Gasteiger charge is -2.11. The minimum Gasteiger partial charge on any atom is -0.508 e. The van der Waals surface area contributed by atoms with Crippen molar-refractivity contribution in [3.8, 4) is 5.75 Å². The van der Waals surface area contributed by atoms with E-state index in [2.05, 4.69) is 10.6 Å². The fourth-order valence-corrected chi connectivity index (χ4v) is 2.51. The molecule has 0 aliphatic rings. The summed E-state index contributed by atoms with van der Waals surface area (Å²) in [5, 5.41) is 14.6. The highest BCUT2D eigenvalue weighted by Crippen LogP contribution is 2.18. The van der Waals surface area contributed by atoms with Gasteiger partial charge in [0.25, 0.3) is 0 Å². The molecule has 1 unspecified atom stereocenters. The standard InChI is InChI=1S/C15H16N2O3S/c1-21(20)10-11-4-2-3-5-14(11)17-15(19)16-12-6-8-13(18)9-7-12/h2-9,18H,10H2,1H3,(H2,16,17,19). The van der Waals surface area contributed by atoms with E-state index in [0.717, 1.165) is 5.56 Å². The van der Waals surface area contributed by atoms with Crippen molar-refractivity contribution in [3.63, 3.8) is 0 Å². The van der Waals surface area contributed by atoms with E-state index in [0.29, 0.717) is 17.1 Å². The fraction of sp³-hybridized carbons (Fsp3) is 0.133. The maximum absolute atomic E-state index is 11.9. The number of phenolic OH excluding ortho intramolecular Hbond substituents is 1. The van der Waals surface area contributed by atoms with E-state index < -0.39 is 16.8 Å². The third-order valence-corrected chi connectivity index (χ3v) is 3.47. The molecule has 2 rings (SSSR count). The highest BCUT2D eigenvalue weighted by Gasteiger charge is 2.07. The summed E-state index contributed by atoms with van der Waals surface area (Å²) < 4.78 is 11.3. The number of nitrogens with one attached hydrogen (secondary N) is 2. The Labute approximate surface area is 125 Å². The number of carbonyl (C=O) groups is 1. The summed E-state index contributed by atoms with van der Waals surface area (Å²) in [5.74, 6) is 0.520. The topological polar surface area (TPSA) is 78.4 Å².